The third-order valence-electron chi connectivity index (χ3n) is 3.84. The number of rotatable bonds is 7. The Morgan fingerprint density at radius 1 is 1.19 bits per heavy atom. The summed E-state index contributed by atoms with van der Waals surface area (Å²) in [6.07, 6.45) is 3.37. The van der Waals surface area contributed by atoms with Crippen LogP contribution in [0, 0.1) is 0 Å². The predicted octanol–water partition coefficient (Wildman–Crippen LogP) is 4.86. The summed E-state index contributed by atoms with van der Waals surface area (Å²) in [5.74, 6) is 0.356. The van der Waals surface area contributed by atoms with Crippen LogP contribution in [-0.4, -0.2) is 18.7 Å². The van der Waals surface area contributed by atoms with E-state index in [9.17, 15) is 4.79 Å². The number of halogens is 1. The number of carbonyl (C=O) groups excluding carboxylic acids is 1. The number of hydrazone groups is 1. The molecule has 0 bridgehead atoms. The number of amides is 1. The highest BCUT2D eigenvalue weighted by molar-refractivity contribution is 9.10. The number of hydrogen-bond acceptors (Lipinski definition) is 3. The smallest absolute Gasteiger partial charge is 0.277 e. The van der Waals surface area contributed by atoms with Crippen molar-refractivity contribution in [1.82, 2.24) is 5.43 Å². The molecule has 0 saturated heterocycles. The van der Waals surface area contributed by atoms with Crippen molar-refractivity contribution in [3.8, 4) is 5.75 Å². The molecule has 26 heavy (non-hydrogen) atoms. The van der Waals surface area contributed by atoms with E-state index in [1.807, 2.05) is 36.4 Å². The number of aryl methyl sites for hydroxylation is 1. The maximum Gasteiger partial charge on any atom is 0.277 e. The highest BCUT2D eigenvalue weighted by Gasteiger charge is 2.15. The lowest BCUT2D eigenvalue weighted by Crippen LogP contribution is -2.24. The monoisotopic (exact) mass is 416 g/mol. The van der Waals surface area contributed by atoms with Crippen molar-refractivity contribution in [3.05, 3.63) is 64.1 Å². The van der Waals surface area contributed by atoms with E-state index in [-0.39, 0.29) is 17.9 Å². The number of nitrogens with one attached hydrogen (secondary N) is 1. The van der Waals surface area contributed by atoms with Crippen LogP contribution in [0.1, 0.15) is 38.3 Å². The van der Waals surface area contributed by atoms with Gasteiger partial charge in [-0.2, -0.15) is 5.10 Å². The molecule has 0 unspecified atom stereocenters. The van der Waals surface area contributed by atoms with Crippen molar-refractivity contribution >= 4 is 28.1 Å². The van der Waals surface area contributed by atoms with Gasteiger partial charge < -0.3 is 4.74 Å². The van der Waals surface area contributed by atoms with E-state index in [0.29, 0.717) is 5.75 Å². The first-order valence-electron chi connectivity index (χ1n) is 8.63. The predicted molar refractivity (Wildman–Crippen MR) is 110 cm³/mol. The largest absolute Gasteiger partial charge is 0.483 e. The van der Waals surface area contributed by atoms with E-state index in [1.54, 1.807) is 6.21 Å². The zero-order valence-corrected chi connectivity index (χ0v) is 17.0. The zero-order valence-electron chi connectivity index (χ0n) is 15.5. The third kappa shape index (κ3) is 6.64. The quantitative estimate of drug-likeness (QED) is 0.517. The van der Waals surface area contributed by atoms with Crippen molar-refractivity contribution in [3.63, 3.8) is 0 Å². The van der Waals surface area contributed by atoms with Gasteiger partial charge in [-0.05, 0) is 57.4 Å². The van der Waals surface area contributed by atoms with Crippen LogP contribution in [0.2, 0.25) is 0 Å². The standard InChI is InChI=1S/C21H25BrN2O2/c1-21(2,3)17-11-12-19(18(22)14-17)26-15-20(25)24-23-13-7-10-16-8-5-4-6-9-16/h4-6,8-9,11-14H,7,10,15H2,1-3H3,(H,24,25). The summed E-state index contributed by atoms with van der Waals surface area (Å²) < 4.78 is 6.40. The van der Waals surface area contributed by atoms with Crippen molar-refractivity contribution in [2.45, 2.75) is 39.0 Å². The minimum atomic E-state index is -0.284. The Balaban J connectivity index is 1.74. The molecule has 2 aromatic carbocycles. The fraction of sp³-hybridized carbons (Fsp3) is 0.333. The maximum absolute atomic E-state index is 11.8. The molecule has 138 valence electrons. The maximum atomic E-state index is 11.8. The summed E-state index contributed by atoms with van der Waals surface area (Å²) in [6.45, 7) is 6.37. The Morgan fingerprint density at radius 2 is 1.92 bits per heavy atom. The highest BCUT2D eigenvalue weighted by Crippen LogP contribution is 2.31. The van der Waals surface area contributed by atoms with E-state index in [2.05, 4.69) is 59.4 Å². The summed E-state index contributed by atoms with van der Waals surface area (Å²) in [4.78, 5) is 11.8. The van der Waals surface area contributed by atoms with Gasteiger partial charge in [0, 0.05) is 6.21 Å². The first-order valence-corrected chi connectivity index (χ1v) is 9.42. The lowest BCUT2D eigenvalue weighted by molar-refractivity contribution is -0.123. The SMILES string of the molecule is CC(C)(C)c1ccc(OCC(=O)NN=CCCc2ccccc2)c(Br)c1. The summed E-state index contributed by atoms with van der Waals surface area (Å²) in [5.41, 5.74) is 4.99. The second-order valence-corrected chi connectivity index (χ2v) is 7.91. The topological polar surface area (TPSA) is 50.7 Å². The molecular weight excluding hydrogens is 392 g/mol. The molecule has 2 aromatic rings. The Bertz CT molecular complexity index is 752. The lowest BCUT2D eigenvalue weighted by atomic mass is 9.87. The zero-order chi connectivity index (χ0) is 19.0. The molecule has 0 fully saturated rings. The van der Waals surface area contributed by atoms with Gasteiger partial charge in [-0.15, -0.1) is 0 Å². The summed E-state index contributed by atoms with van der Waals surface area (Å²) >= 11 is 3.50. The molecule has 1 N–H and O–H groups in total. The normalized spacial score (nSPS) is 11.5. The average molecular weight is 417 g/mol. The Kier molecular flexibility index (Phi) is 7.39. The van der Waals surface area contributed by atoms with Gasteiger partial charge in [0.25, 0.3) is 5.91 Å². The molecule has 0 aliphatic rings. The second-order valence-electron chi connectivity index (χ2n) is 7.05. The summed E-state index contributed by atoms with van der Waals surface area (Å²) in [6, 6.07) is 16.1. The van der Waals surface area contributed by atoms with Crippen LogP contribution in [0.4, 0.5) is 0 Å². The highest BCUT2D eigenvalue weighted by atomic mass is 79.9. The minimum Gasteiger partial charge on any atom is -0.483 e. The molecule has 0 spiro atoms. The average Bonchev–Trinajstić information content (AvgIpc) is 2.60. The molecule has 0 atom stereocenters. The number of ether oxygens (including phenoxy) is 1. The summed E-state index contributed by atoms with van der Waals surface area (Å²) in [5, 5.41) is 3.95. The molecule has 0 saturated carbocycles. The van der Waals surface area contributed by atoms with Crippen LogP contribution in [0.25, 0.3) is 0 Å². The van der Waals surface area contributed by atoms with Gasteiger partial charge in [0.1, 0.15) is 5.75 Å². The molecule has 0 aliphatic carbocycles. The molecule has 4 nitrogen and oxygen atoms in total. The third-order valence-corrected chi connectivity index (χ3v) is 4.46. The van der Waals surface area contributed by atoms with Gasteiger partial charge in [-0.1, -0.05) is 57.2 Å². The van der Waals surface area contributed by atoms with Crippen molar-refractivity contribution in [2.24, 2.45) is 5.10 Å². The molecule has 1 amide bonds. The van der Waals surface area contributed by atoms with E-state index in [4.69, 9.17) is 4.74 Å². The number of carbonyl (C=O) groups is 1. The molecule has 5 heteroatoms. The molecule has 0 radical (unpaired) electrons. The number of nitrogens with zero attached hydrogens (tertiary/aromatic N) is 1. The van der Waals surface area contributed by atoms with Gasteiger partial charge in [0.2, 0.25) is 0 Å². The number of hydrogen-bond donors (Lipinski definition) is 1. The molecule has 0 heterocycles. The van der Waals surface area contributed by atoms with Crippen molar-refractivity contribution in [2.75, 3.05) is 6.61 Å². The van der Waals surface area contributed by atoms with Gasteiger partial charge in [-0.3, -0.25) is 4.79 Å². The van der Waals surface area contributed by atoms with Crippen LogP contribution in [0.3, 0.4) is 0 Å². The fourth-order valence-electron chi connectivity index (χ4n) is 2.32. The summed E-state index contributed by atoms with van der Waals surface area (Å²) in [7, 11) is 0. The van der Waals surface area contributed by atoms with Crippen LogP contribution in [0.5, 0.6) is 5.75 Å². The van der Waals surface area contributed by atoms with Crippen LogP contribution < -0.4 is 10.2 Å². The van der Waals surface area contributed by atoms with E-state index in [1.165, 1.54) is 11.1 Å². The fourth-order valence-corrected chi connectivity index (χ4v) is 2.81. The molecule has 0 aromatic heterocycles. The Morgan fingerprint density at radius 3 is 2.58 bits per heavy atom. The van der Waals surface area contributed by atoms with Gasteiger partial charge in [-0.25, -0.2) is 5.43 Å². The first kappa shape index (κ1) is 20.2. The number of benzene rings is 2. The Hall–Kier alpha value is -2.14. The Labute approximate surface area is 163 Å². The van der Waals surface area contributed by atoms with E-state index < -0.39 is 0 Å². The second kappa shape index (κ2) is 9.53. The van der Waals surface area contributed by atoms with E-state index >= 15 is 0 Å². The van der Waals surface area contributed by atoms with Crippen molar-refractivity contribution < 1.29 is 9.53 Å². The van der Waals surface area contributed by atoms with Gasteiger partial charge >= 0.3 is 0 Å². The lowest BCUT2D eigenvalue weighted by Gasteiger charge is -2.20. The minimum absolute atomic E-state index is 0.0624. The van der Waals surface area contributed by atoms with Gasteiger partial charge in [0.15, 0.2) is 6.61 Å². The van der Waals surface area contributed by atoms with Gasteiger partial charge in [0.05, 0.1) is 4.47 Å². The van der Waals surface area contributed by atoms with Crippen molar-refractivity contribution in [1.29, 1.82) is 0 Å². The van der Waals surface area contributed by atoms with E-state index in [0.717, 1.165) is 17.3 Å². The van der Waals surface area contributed by atoms with Crippen LogP contribution >= 0.6 is 15.9 Å². The van der Waals surface area contributed by atoms with Crippen LogP contribution in [0.15, 0.2) is 58.1 Å². The molecule has 0 aliphatic heterocycles. The first-order chi connectivity index (χ1) is 12.4. The molecule has 2 rings (SSSR count). The molecular formula is C21H25BrN2O2. The van der Waals surface area contributed by atoms with Crippen LogP contribution in [-0.2, 0) is 16.6 Å².